The number of halogens is 1. The average Bonchev–Trinajstić information content (AvgIpc) is 2.46. The Bertz CT molecular complexity index is 576. The van der Waals surface area contributed by atoms with Crippen LogP contribution < -0.4 is 0 Å². The van der Waals surface area contributed by atoms with E-state index in [4.69, 9.17) is 4.84 Å². The first-order chi connectivity index (χ1) is 9.29. The van der Waals surface area contributed by atoms with Gasteiger partial charge < -0.3 is 4.84 Å². The van der Waals surface area contributed by atoms with Gasteiger partial charge in [-0.3, -0.25) is 0 Å². The first kappa shape index (κ1) is 13.0. The van der Waals surface area contributed by atoms with Crippen LogP contribution in [0.1, 0.15) is 16.7 Å². The standard InChI is InChI=1S/C16H13FNO/c1-2-14-5-3-4-6-15(14)12-19-18-11-13-7-9-16(17)10-8-13/h2-10H,1,12H2. The molecule has 0 spiro atoms. The second-order valence-electron chi connectivity index (χ2n) is 3.89. The topological polar surface area (TPSA) is 21.6 Å². The van der Waals surface area contributed by atoms with Crippen LogP contribution in [0.2, 0.25) is 0 Å². The summed E-state index contributed by atoms with van der Waals surface area (Å²) in [6.07, 6.45) is 4.46. The second-order valence-corrected chi connectivity index (χ2v) is 3.89. The molecule has 0 aliphatic heterocycles. The highest BCUT2D eigenvalue weighted by atomic mass is 19.1. The molecule has 0 amide bonds. The van der Waals surface area contributed by atoms with Gasteiger partial charge in [-0.2, -0.15) is 0 Å². The molecule has 2 nitrogen and oxygen atoms in total. The maximum atomic E-state index is 12.7. The maximum absolute atomic E-state index is 12.7. The van der Waals surface area contributed by atoms with Gasteiger partial charge in [0.2, 0.25) is 0 Å². The Kier molecular flexibility index (Phi) is 4.45. The Morgan fingerprint density at radius 2 is 1.89 bits per heavy atom. The normalized spacial score (nSPS) is 10.6. The minimum Gasteiger partial charge on any atom is -0.390 e. The number of hydrogen-bond acceptors (Lipinski definition) is 2. The fourth-order valence-electron chi connectivity index (χ4n) is 1.58. The summed E-state index contributed by atoms with van der Waals surface area (Å²) in [5.41, 5.74) is 2.68. The van der Waals surface area contributed by atoms with Crippen LogP contribution in [-0.4, -0.2) is 6.21 Å². The first-order valence-corrected chi connectivity index (χ1v) is 5.83. The van der Waals surface area contributed by atoms with Gasteiger partial charge in [-0.1, -0.05) is 42.1 Å². The van der Waals surface area contributed by atoms with E-state index in [2.05, 4.69) is 17.9 Å². The van der Waals surface area contributed by atoms with E-state index >= 15 is 0 Å². The predicted octanol–water partition coefficient (Wildman–Crippen LogP) is 3.90. The summed E-state index contributed by atoms with van der Waals surface area (Å²) in [5, 5.41) is 3.74. The molecule has 0 atom stereocenters. The lowest BCUT2D eigenvalue weighted by molar-refractivity contribution is 0.132. The molecule has 0 aromatic heterocycles. The van der Waals surface area contributed by atoms with E-state index in [1.165, 1.54) is 12.1 Å². The molecule has 2 aromatic rings. The van der Waals surface area contributed by atoms with Crippen molar-refractivity contribution in [1.29, 1.82) is 0 Å². The van der Waals surface area contributed by atoms with Crippen molar-refractivity contribution >= 4 is 12.3 Å². The van der Waals surface area contributed by atoms with E-state index in [0.29, 0.717) is 12.2 Å². The first-order valence-electron chi connectivity index (χ1n) is 5.83. The summed E-state index contributed by atoms with van der Waals surface area (Å²) in [7, 11) is 0. The Morgan fingerprint density at radius 1 is 1.16 bits per heavy atom. The zero-order valence-electron chi connectivity index (χ0n) is 10.3. The van der Waals surface area contributed by atoms with Gasteiger partial charge in [-0.25, -0.2) is 4.39 Å². The van der Waals surface area contributed by atoms with Gasteiger partial charge in [0.1, 0.15) is 18.6 Å². The van der Waals surface area contributed by atoms with Crippen molar-refractivity contribution in [2.24, 2.45) is 5.16 Å². The molecule has 0 heterocycles. The van der Waals surface area contributed by atoms with Crippen LogP contribution in [0, 0.1) is 5.82 Å². The summed E-state index contributed by atoms with van der Waals surface area (Å²) in [6, 6.07) is 13.6. The molecule has 3 heteroatoms. The quantitative estimate of drug-likeness (QED) is 0.586. The molecule has 19 heavy (non-hydrogen) atoms. The molecule has 0 saturated heterocycles. The van der Waals surface area contributed by atoms with Crippen LogP contribution in [0.4, 0.5) is 4.39 Å². The molecule has 95 valence electrons. The monoisotopic (exact) mass is 254 g/mol. The highest BCUT2D eigenvalue weighted by Crippen LogP contribution is 2.11. The molecule has 0 unspecified atom stereocenters. The van der Waals surface area contributed by atoms with E-state index in [0.717, 1.165) is 11.1 Å². The van der Waals surface area contributed by atoms with E-state index in [9.17, 15) is 4.39 Å². The smallest absolute Gasteiger partial charge is 0.142 e. The second kappa shape index (κ2) is 6.50. The van der Waals surface area contributed by atoms with Gasteiger partial charge in [0, 0.05) is 5.56 Å². The maximum Gasteiger partial charge on any atom is 0.142 e. The molecular weight excluding hydrogens is 241 g/mol. The Morgan fingerprint density at radius 3 is 2.63 bits per heavy atom. The SMILES string of the molecule is C=Cc1ccccc1CO/N=[C]\c1ccc(F)cc1. The van der Waals surface area contributed by atoms with E-state index in [1.54, 1.807) is 18.2 Å². The molecule has 1 radical (unpaired) electrons. The molecule has 2 rings (SSSR count). The number of nitrogens with zero attached hydrogens (tertiary/aromatic N) is 1. The number of hydrogen-bond donors (Lipinski definition) is 0. The minimum atomic E-state index is -0.286. The van der Waals surface area contributed by atoms with Crippen molar-refractivity contribution in [3.63, 3.8) is 0 Å². The van der Waals surface area contributed by atoms with Crippen LogP contribution >= 0.6 is 0 Å². The van der Waals surface area contributed by atoms with Crippen LogP contribution in [0.3, 0.4) is 0 Å². The van der Waals surface area contributed by atoms with Crippen molar-refractivity contribution in [3.05, 3.63) is 77.6 Å². The van der Waals surface area contributed by atoms with Gasteiger partial charge in [0.05, 0.1) is 0 Å². The Labute approximate surface area is 111 Å². The summed E-state index contributed by atoms with van der Waals surface area (Å²) in [5.74, 6) is -0.286. The third-order valence-corrected chi connectivity index (χ3v) is 2.58. The Hall–Kier alpha value is -2.42. The van der Waals surface area contributed by atoms with E-state index in [-0.39, 0.29) is 5.82 Å². The molecule has 0 N–H and O–H groups in total. The van der Waals surface area contributed by atoms with Gasteiger partial charge in [-0.15, -0.1) is 0 Å². The summed E-state index contributed by atoms with van der Waals surface area (Å²) >= 11 is 0. The molecule has 0 aliphatic rings. The fourth-order valence-corrected chi connectivity index (χ4v) is 1.58. The lowest BCUT2D eigenvalue weighted by Gasteiger charge is -2.03. The molecule has 0 fully saturated rings. The van der Waals surface area contributed by atoms with E-state index < -0.39 is 0 Å². The third kappa shape index (κ3) is 3.78. The molecule has 0 saturated carbocycles. The molecular formula is C16H13FNO. The summed E-state index contributed by atoms with van der Waals surface area (Å²) in [6.45, 7) is 4.08. The predicted molar refractivity (Wildman–Crippen MR) is 74.3 cm³/mol. The van der Waals surface area contributed by atoms with Crippen LogP contribution in [-0.2, 0) is 11.4 Å². The third-order valence-electron chi connectivity index (χ3n) is 2.58. The Balaban J connectivity index is 1.93. The van der Waals surface area contributed by atoms with Crippen molar-refractivity contribution in [2.75, 3.05) is 0 Å². The van der Waals surface area contributed by atoms with Gasteiger partial charge in [0.15, 0.2) is 0 Å². The van der Waals surface area contributed by atoms with Crippen molar-refractivity contribution < 1.29 is 9.23 Å². The van der Waals surface area contributed by atoms with Gasteiger partial charge >= 0.3 is 0 Å². The number of benzene rings is 2. The summed E-state index contributed by atoms with van der Waals surface area (Å²) < 4.78 is 12.7. The van der Waals surface area contributed by atoms with Crippen molar-refractivity contribution in [2.45, 2.75) is 6.61 Å². The van der Waals surface area contributed by atoms with Gasteiger partial charge in [-0.05, 0) is 35.4 Å². The van der Waals surface area contributed by atoms with Crippen molar-refractivity contribution in [3.8, 4) is 0 Å². The largest absolute Gasteiger partial charge is 0.390 e. The highest BCUT2D eigenvalue weighted by Gasteiger charge is 1.97. The molecule has 0 bridgehead atoms. The lowest BCUT2D eigenvalue weighted by atomic mass is 10.1. The number of rotatable bonds is 5. The molecule has 0 aliphatic carbocycles. The van der Waals surface area contributed by atoms with Crippen LogP contribution in [0.5, 0.6) is 0 Å². The van der Waals surface area contributed by atoms with E-state index in [1.807, 2.05) is 24.3 Å². The zero-order valence-corrected chi connectivity index (χ0v) is 10.3. The summed E-state index contributed by atoms with van der Waals surface area (Å²) in [4.78, 5) is 5.17. The highest BCUT2D eigenvalue weighted by molar-refractivity contribution is 5.78. The molecule has 2 aromatic carbocycles. The van der Waals surface area contributed by atoms with Crippen LogP contribution in [0.15, 0.2) is 60.3 Å². The van der Waals surface area contributed by atoms with Crippen LogP contribution in [0.25, 0.3) is 6.08 Å². The average molecular weight is 254 g/mol. The minimum absolute atomic E-state index is 0.286. The van der Waals surface area contributed by atoms with Crippen molar-refractivity contribution in [1.82, 2.24) is 0 Å². The zero-order chi connectivity index (χ0) is 13.5. The van der Waals surface area contributed by atoms with Gasteiger partial charge in [0.25, 0.3) is 0 Å². The fraction of sp³-hybridized carbons (Fsp3) is 0.0625. The lowest BCUT2D eigenvalue weighted by Crippen LogP contribution is -1.91.